The summed E-state index contributed by atoms with van der Waals surface area (Å²) in [7, 11) is 2.69. The van der Waals surface area contributed by atoms with Crippen molar-refractivity contribution in [3.05, 3.63) is 24.3 Å². The fourth-order valence-corrected chi connectivity index (χ4v) is 4.02. The Morgan fingerprint density at radius 2 is 0.619 bits per heavy atom. The summed E-state index contributed by atoms with van der Waals surface area (Å²) < 4.78 is 11.1. The second-order valence-electron chi connectivity index (χ2n) is 14.2. The number of hydrogen-bond acceptors (Lipinski definition) is 7. The van der Waals surface area contributed by atoms with E-state index < -0.39 is 22.2 Å². The van der Waals surface area contributed by atoms with E-state index in [0.717, 1.165) is 0 Å². The number of anilines is 6. The van der Waals surface area contributed by atoms with Crippen molar-refractivity contribution in [1.82, 2.24) is 0 Å². The molecule has 0 atom stereocenters. The standard InChI is InChI=1S/C30H46N5O7/c1-27(2,3)32(37)21-15-19(16-22(25(21)41-13)33(38)28(4,5)6)31(36)20-17-23(34(39)29(7,8)9)26(42-14)24(18-20)35(40)30(10,11)12/h15-18H,1-14H3. The number of nitrogens with zero attached hydrogens (tertiary/aromatic N) is 5. The van der Waals surface area contributed by atoms with Gasteiger partial charge in [0.1, 0.15) is 22.7 Å². The molecule has 233 valence electrons. The zero-order chi connectivity index (χ0) is 32.7. The van der Waals surface area contributed by atoms with Crippen molar-refractivity contribution in [2.24, 2.45) is 0 Å². The van der Waals surface area contributed by atoms with Crippen LogP contribution < -0.4 is 34.8 Å². The molecule has 2 aromatic rings. The first kappa shape index (κ1) is 35.0. The lowest BCUT2D eigenvalue weighted by atomic mass is 10.0. The van der Waals surface area contributed by atoms with Gasteiger partial charge in [-0.2, -0.15) is 5.06 Å². The van der Waals surface area contributed by atoms with E-state index in [0.29, 0.717) is 25.3 Å². The molecule has 0 aromatic heterocycles. The topological polar surface area (TPSA) is 134 Å². The van der Waals surface area contributed by atoms with Crippen LogP contribution in [0.25, 0.3) is 0 Å². The maximum Gasteiger partial charge on any atom is 0.170 e. The minimum absolute atomic E-state index is 0.00930. The second-order valence-corrected chi connectivity index (χ2v) is 14.2. The van der Waals surface area contributed by atoms with Gasteiger partial charge in [-0.05, 0) is 107 Å². The SMILES string of the molecule is COc1c(N([O])C(C)(C)C)cc(N([O])c2cc(N([O])C(C)(C)C)c(OC)c(N([O])C(C)(C)C)c2)cc1N([O])C(C)(C)C. The summed E-state index contributed by atoms with van der Waals surface area (Å²) in [5.41, 5.74) is -4.07. The summed E-state index contributed by atoms with van der Waals surface area (Å²) in [4.78, 5) is 0. The van der Waals surface area contributed by atoms with Crippen LogP contribution >= 0.6 is 0 Å². The van der Waals surface area contributed by atoms with Gasteiger partial charge >= 0.3 is 0 Å². The Bertz CT molecular complexity index is 1070. The monoisotopic (exact) mass is 588 g/mol. The molecule has 0 aliphatic rings. The third kappa shape index (κ3) is 7.24. The van der Waals surface area contributed by atoms with Gasteiger partial charge in [0.2, 0.25) is 0 Å². The van der Waals surface area contributed by atoms with Crippen LogP contribution in [0.4, 0.5) is 34.1 Å². The van der Waals surface area contributed by atoms with Crippen molar-refractivity contribution in [3.8, 4) is 11.5 Å². The molecule has 0 N–H and O–H groups in total. The molecule has 2 aromatic carbocycles. The maximum atomic E-state index is 14.1. The summed E-state index contributed by atoms with van der Waals surface area (Å²) >= 11 is 0. The van der Waals surface area contributed by atoms with Crippen molar-refractivity contribution in [1.29, 1.82) is 0 Å². The molecular weight excluding hydrogens is 542 g/mol. The number of methoxy groups -OCH3 is 2. The number of rotatable bonds is 8. The average Bonchev–Trinajstić information content (AvgIpc) is 2.86. The van der Waals surface area contributed by atoms with Gasteiger partial charge in [0.25, 0.3) is 0 Å². The molecule has 0 bridgehead atoms. The van der Waals surface area contributed by atoms with Gasteiger partial charge < -0.3 is 9.47 Å². The smallest absolute Gasteiger partial charge is 0.170 e. The first-order valence-electron chi connectivity index (χ1n) is 13.7. The van der Waals surface area contributed by atoms with Crippen molar-refractivity contribution >= 4 is 34.1 Å². The molecule has 0 unspecified atom stereocenters. The molecule has 42 heavy (non-hydrogen) atoms. The molecule has 0 aliphatic carbocycles. The lowest BCUT2D eigenvalue weighted by Gasteiger charge is -2.35. The second kappa shape index (κ2) is 11.8. The van der Waals surface area contributed by atoms with Crippen molar-refractivity contribution in [2.75, 3.05) is 39.5 Å². The Kier molecular flexibility index (Phi) is 9.88. The Morgan fingerprint density at radius 1 is 0.429 bits per heavy atom. The number of benzene rings is 2. The quantitative estimate of drug-likeness (QED) is 0.303. The van der Waals surface area contributed by atoms with Gasteiger partial charge in [0.05, 0.1) is 47.8 Å². The summed E-state index contributed by atoms with van der Waals surface area (Å²) in [5.74, 6) is 0.0186. The van der Waals surface area contributed by atoms with Gasteiger partial charge in [0, 0.05) is 0 Å². The average molecular weight is 589 g/mol. The normalized spacial score (nSPS) is 12.6. The van der Waals surface area contributed by atoms with Gasteiger partial charge in [-0.1, -0.05) is 26.0 Å². The maximum absolute atomic E-state index is 14.1. The zero-order valence-corrected chi connectivity index (χ0v) is 27.4. The Labute approximate surface area is 250 Å². The molecule has 0 aliphatic heterocycles. The van der Waals surface area contributed by atoms with E-state index in [1.54, 1.807) is 83.1 Å². The van der Waals surface area contributed by atoms with Crippen LogP contribution in [0.15, 0.2) is 24.3 Å². The fraction of sp³-hybridized carbons (Fsp3) is 0.600. The Balaban J connectivity index is 3.00. The minimum Gasteiger partial charge on any atom is -0.492 e. The number of hydrogen-bond donors (Lipinski definition) is 0. The first-order chi connectivity index (χ1) is 18.9. The van der Waals surface area contributed by atoms with E-state index in [-0.39, 0.29) is 45.6 Å². The molecule has 0 saturated carbocycles. The lowest BCUT2D eigenvalue weighted by molar-refractivity contribution is 0.0952. The third-order valence-electron chi connectivity index (χ3n) is 6.26. The van der Waals surface area contributed by atoms with Gasteiger partial charge in [-0.25, -0.2) is 20.3 Å². The third-order valence-corrected chi connectivity index (χ3v) is 6.26. The molecule has 12 heteroatoms. The molecule has 2 rings (SSSR count). The van der Waals surface area contributed by atoms with Crippen molar-refractivity contribution in [2.45, 2.75) is 105 Å². The lowest BCUT2D eigenvalue weighted by Crippen LogP contribution is -2.40. The van der Waals surface area contributed by atoms with E-state index in [4.69, 9.17) is 9.47 Å². The van der Waals surface area contributed by atoms with Crippen LogP contribution in [0.1, 0.15) is 83.1 Å². The van der Waals surface area contributed by atoms with Crippen molar-refractivity contribution in [3.63, 3.8) is 0 Å². The molecule has 0 saturated heterocycles. The summed E-state index contributed by atoms with van der Waals surface area (Å²) in [6.07, 6.45) is 0. The minimum atomic E-state index is -0.946. The summed E-state index contributed by atoms with van der Waals surface area (Å²) in [5, 5.41) is 71.1. The van der Waals surface area contributed by atoms with Gasteiger partial charge in [-0.3, -0.25) is 0 Å². The van der Waals surface area contributed by atoms with Crippen LogP contribution in [0.2, 0.25) is 0 Å². The molecule has 0 amide bonds. The largest absolute Gasteiger partial charge is 0.492 e. The highest BCUT2D eigenvalue weighted by molar-refractivity contribution is 5.84. The first-order valence-corrected chi connectivity index (χ1v) is 13.7. The van der Waals surface area contributed by atoms with Crippen LogP contribution in [0.3, 0.4) is 0 Å². The van der Waals surface area contributed by atoms with Crippen molar-refractivity contribution < 1.29 is 35.5 Å². The van der Waals surface area contributed by atoms with Crippen LogP contribution in [0, 0.1) is 0 Å². The molecule has 5 radical (unpaired) electrons. The van der Waals surface area contributed by atoms with Crippen LogP contribution in [-0.2, 0) is 26.0 Å². The van der Waals surface area contributed by atoms with E-state index in [9.17, 15) is 26.0 Å². The van der Waals surface area contributed by atoms with E-state index in [1.807, 2.05) is 0 Å². The molecule has 0 fully saturated rings. The Hall–Kier alpha value is -3.16. The van der Waals surface area contributed by atoms with Crippen LogP contribution in [0.5, 0.6) is 11.5 Å². The van der Waals surface area contributed by atoms with E-state index >= 15 is 0 Å². The van der Waals surface area contributed by atoms with Gasteiger partial charge in [-0.15, -0.1) is 0 Å². The molecule has 0 heterocycles. The fourth-order valence-electron chi connectivity index (χ4n) is 4.02. The highest BCUT2D eigenvalue weighted by atomic mass is 16.5. The van der Waals surface area contributed by atoms with E-state index in [1.165, 1.54) is 38.5 Å². The number of hydroxylamine groups is 4. The molecule has 12 nitrogen and oxygen atoms in total. The predicted octanol–water partition coefficient (Wildman–Crippen LogP) is 6.99. The summed E-state index contributed by atoms with van der Waals surface area (Å²) in [6, 6.07) is 5.30. The molecule has 0 spiro atoms. The predicted molar refractivity (Wildman–Crippen MR) is 160 cm³/mol. The highest BCUT2D eigenvalue weighted by Crippen LogP contribution is 2.49. The number of ether oxygens (including phenoxy) is 2. The zero-order valence-electron chi connectivity index (χ0n) is 27.4. The van der Waals surface area contributed by atoms with Crippen LogP contribution in [-0.4, -0.2) is 36.4 Å². The Morgan fingerprint density at radius 3 is 0.762 bits per heavy atom. The highest BCUT2D eigenvalue weighted by Gasteiger charge is 2.35. The van der Waals surface area contributed by atoms with E-state index in [2.05, 4.69) is 0 Å². The van der Waals surface area contributed by atoms with Gasteiger partial charge in [0.15, 0.2) is 11.5 Å². The summed E-state index contributed by atoms with van der Waals surface area (Å²) in [6.45, 7) is 20.2. The molecular formula is C30H46N5O7.